The van der Waals surface area contributed by atoms with Crippen molar-refractivity contribution in [1.82, 2.24) is 10.2 Å². The zero-order valence-corrected chi connectivity index (χ0v) is 20.8. The fourth-order valence-corrected chi connectivity index (χ4v) is 5.37. The highest BCUT2D eigenvalue weighted by molar-refractivity contribution is 7.14. The minimum Gasteiger partial charge on any atom is -0.460 e. The number of nitrogens with one attached hydrogen (secondary N) is 1. The number of piperidine rings is 1. The maximum absolute atomic E-state index is 12.6. The summed E-state index contributed by atoms with van der Waals surface area (Å²) in [6.07, 6.45) is 4.11. The molecule has 2 aromatic rings. The third kappa shape index (κ3) is 6.13. The number of nitrogens with zero attached hydrogens (tertiary/aromatic N) is 1. The number of aryl methyl sites for hydroxylation is 2. The van der Waals surface area contributed by atoms with Crippen LogP contribution in [0.4, 0.5) is 0 Å². The van der Waals surface area contributed by atoms with Gasteiger partial charge in [0, 0.05) is 31.1 Å². The van der Waals surface area contributed by atoms with E-state index in [0.29, 0.717) is 24.6 Å². The Morgan fingerprint density at radius 1 is 1.09 bits per heavy atom. The Morgan fingerprint density at radius 2 is 1.84 bits per heavy atom. The molecular weight excluding hydrogens is 467 g/mol. The minimum atomic E-state index is -0.250. The fraction of sp³-hybridized carbons (Fsp3) is 0.458. The van der Waals surface area contributed by atoms with E-state index in [4.69, 9.17) is 9.84 Å². The smallest absolute Gasteiger partial charge is 0.348 e. The number of esters is 1. The van der Waals surface area contributed by atoms with E-state index in [1.807, 2.05) is 0 Å². The molecule has 176 valence electrons. The molecule has 2 aliphatic rings. The number of rotatable bonds is 6. The van der Waals surface area contributed by atoms with E-state index >= 15 is 0 Å². The zero-order valence-electron chi connectivity index (χ0n) is 18.4. The van der Waals surface area contributed by atoms with Crippen LogP contribution in [0.15, 0.2) is 35.9 Å². The van der Waals surface area contributed by atoms with Gasteiger partial charge in [-0.15, -0.1) is 36.2 Å². The second kappa shape index (κ2) is 12.7. The molecule has 0 spiro atoms. The lowest BCUT2D eigenvalue weighted by molar-refractivity contribution is 0.0513. The lowest BCUT2D eigenvalue weighted by Gasteiger charge is -2.27. The van der Waals surface area contributed by atoms with Crippen LogP contribution in [0.3, 0.4) is 0 Å². The number of carbonyl (C=O) groups excluding carboxylic acids is 1. The molecule has 0 saturated carbocycles. The molecule has 0 radical (unpaired) electrons. The van der Waals surface area contributed by atoms with Crippen LogP contribution in [-0.4, -0.2) is 62.4 Å². The molecule has 1 saturated heterocycles. The molecule has 4 rings (SSSR count). The molecule has 1 fully saturated rings. The molecule has 1 aliphatic carbocycles. The lowest BCUT2D eigenvalue weighted by atomic mass is 9.87. The van der Waals surface area contributed by atoms with Crippen molar-refractivity contribution in [2.24, 2.45) is 0 Å². The second-order valence-corrected chi connectivity index (χ2v) is 9.13. The number of benzene rings is 1. The summed E-state index contributed by atoms with van der Waals surface area (Å²) in [5, 5.41) is 11.8. The molecule has 1 aliphatic heterocycles. The summed E-state index contributed by atoms with van der Waals surface area (Å²) in [6.45, 7) is 3.61. The lowest BCUT2D eigenvalue weighted by Crippen LogP contribution is -2.27. The maximum atomic E-state index is 12.6. The molecule has 0 bridgehead atoms. The Labute approximate surface area is 206 Å². The van der Waals surface area contributed by atoms with Gasteiger partial charge in [-0.3, -0.25) is 0 Å². The van der Waals surface area contributed by atoms with E-state index in [-0.39, 0.29) is 37.4 Å². The van der Waals surface area contributed by atoms with Crippen LogP contribution >= 0.6 is 36.2 Å². The zero-order chi connectivity index (χ0) is 20.9. The first kappa shape index (κ1) is 26.8. The van der Waals surface area contributed by atoms with Gasteiger partial charge in [0.15, 0.2) is 0 Å². The van der Waals surface area contributed by atoms with Gasteiger partial charge < -0.3 is 20.1 Å². The number of likely N-dealkylation sites (tertiary alicyclic amines) is 1. The van der Waals surface area contributed by atoms with Crippen molar-refractivity contribution >= 4 is 47.7 Å². The summed E-state index contributed by atoms with van der Waals surface area (Å²) in [4.78, 5) is 17.0. The summed E-state index contributed by atoms with van der Waals surface area (Å²) in [5.41, 5.74) is 6.83. The number of aliphatic hydroxyl groups excluding tert-OH is 1. The van der Waals surface area contributed by atoms with Crippen molar-refractivity contribution in [2.75, 3.05) is 46.4 Å². The molecule has 0 atom stereocenters. The van der Waals surface area contributed by atoms with Crippen LogP contribution in [-0.2, 0) is 17.6 Å². The number of halogens is 2. The van der Waals surface area contributed by atoms with Crippen molar-refractivity contribution in [2.45, 2.75) is 25.7 Å². The van der Waals surface area contributed by atoms with Gasteiger partial charge in [-0.25, -0.2) is 4.79 Å². The standard InChI is InChI=1S/C24H30N2O3S.2ClH/c1-26-12-8-18(9-13-26)23-19-5-3-2-4-17(19)6-7-21-20(23)16-22(30-21)24(28)29-15-11-25-10-14-27;;/h2-5,16,25,27H,6-15H2,1H3;2*1H. The van der Waals surface area contributed by atoms with Gasteiger partial charge in [-0.1, -0.05) is 29.8 Å². The van der Waals surface area contributed by atoms with Gasteiger partial charge in [0.25, 0.3) is 0 Å². The van der Waals surface area contributed by atoms with E-state index in [1.54, 1.807) is 11.3 Å². The van der Waals surface area contributed by atoms with Gasteiger partial charge in [0.1, 0.15) is 11.5 Å². The van der Waals surface area contributed by atoms with E-state index in [0.717, 1.165) is 38.8 Å². The first-order valence-corrected chi connectivity index (χ1v) is 11.6. The van der Waals surface area contributed by atoms with Crippen molar-refractivity contribution in [3.63, 3.8) is 0 Å². The molecular formula is C24H32Cl2N2O3S. The predicted molar refractivity (Wildman–Crippen MR) is 136 cm³/mol. The minimum absolute atomic E-state index is 0. The number of hydrogen-bond donors (Lipinski definition) is 2. The molecule has 2 heterocycles. The first-order chi connectivity index (χ1) is 14.7. The Hall–Kier alpha value is -1.41. The van der Waals surface area contributed by atoms with E-state index in [2.05, 4.69) is 47.6 Å². The van der Waals surface area contributed by atoms with Gasteiger partial charge in [0.2, 0.25) is 0 Å². The van der Waals surface area contributed by atoms with Crippen LogP contribution in [0.5, 0.6) is 0 Å². The average molecular weight is 500 g/mol. The topological polar surface area (TPSA) is 61.8 Å². The quantitative estimate of drug-likeness (QED) is 0.466. The highest BCUT2D eigenvalue weighted by Crippen LogP contribution is 2.41. The number of thiophene rings is 1. The van der Waals surface area contributed by atoms with Crippen LogP contribution in [0.2, 0.25) is 0 Å². The number of hydrogen-bond acceptors (Lipinski definition) is 6. The van der Waals surface area contributed by atoms with E-state index in [9.17, 15) is 4.79 Å². The largest absolute Gasteiger partial charge is 0.460 e. The first-order valence-electron chi connectivity index (χ1n) is 10.8. The molecule has 5 nitrogen and oxygen atoms in total. The Morgan fingerprint density at radius 3 is 2.59 bits per heavy atom. The number of fused-ring (bicyclic) bond motifs is 2. The number of carbonyl (C=O) groups is 1. The van der Waals surface area contributed by atoms with Gasteiger partial charge >= 0.3 is 5.97 Å². The average Bonchev–Trinajstić information content (AvgIpc) is 3.12. The third-order valence-corrected chi connectivity index (χ3v) is 7.11. The summed E-state index contributed by atoms with van der Waals surface area (Å²) in [5.74, 6) is -0.250. The third-order valence-electron chi connectivity index (χ3n) is 5.93. The molecule has 1 aromatic carbocycles. The molecule has 2 N–H and O–H groups in total. The van der Waals surface area contributed by atoms with Crippen molar-refractivity contribution in [3.8, 4) is 0 Å². The van der Waals surface area contributed by atoms with Crippen molar-refractivity contribution in [3.05, 3.63) is 62.3 Å². The van der Waals surface area contributed by atoms with Crippen LogP contribution in [0.25, 0.3) is 5.57 Å². The van der Waals surface area contributed by atoms with Crippen molar-refractivity contribution in [1.29, 1.82) is 0 Å². The van der Waals surface area contributed by atoms with Crippen LogP contribution < -0.4 is 5.32 Å². The Kier molecular flexibility index (Phi) is 10.7. The van der Waals surface area contributed by atoms with Crippen LogP contribution in [0, 0.1) is 0 Å². The van der Waals surface area contributed by atoms with Crippen LogP contribution in [0.1, 0.15) is 44.1 Å². The monoisotopic (exact) mass is 498 g/mol. The van der Waals surface area contributed by atoms with Gasteiger partial charge in [-0.2, -0.15) is 0 Å². The Balaban J connectivity index is 0.00000181. The molecule has 0 amide bonds. The highest BCUT2D eigenvalue weighted by atomic mass is 35.5. The highest BCUT2D eigenvalue weighted by Gasteiger charge is 2.26. The maximum Gasteiger partial charge on any atom is 0.348 e. The van der Waals surface area contributed by atoms with Gasteiger partial charge in [-0.05, 0) is 61.1 Å². The number of ether oxygens (including phenoxy) is 1. The predicted octanol–water partition coefficient (Wildman–Crippen LogP) is 3.96. The molecule has 1 aromatic heterocycles. The van der Waals surface area contributed by atoms with E-state index in [1.165, 1.54) is 32.7 Å². The number of aliphatic hydroxyl groups is 1. The second-order valence-electron chi connectivity index (χ2n) is 8.00. The summed E-state index contributed by atoms with van der Waals surface area (Å²) >= 11 is 1.58. The van der Waals surface area contributed by atoms with Crippen molar-refractivity contribution < 1.29 is 14.6 Å². The van der Waals surface area contributed by atoms with Gasteiger partial charge in [0.05, 0.1) is 6.61 Å². The molecule has 0 unspecified atom stereocenters. The Bertz CT molecular complexity index is 935. The fourth-order valence-electron chi connectivity index (χ4n) is 4.31. The summed E-state index contributed by atoms with van der Waals surface area (Å²) < 4.78 is 5.45. The SMILES string of the molecule is CN1CCC(=C2c3ccccc3CCc3sc(C(=O)OCCNCCO)cc32)CC1.Cl.Cl. The molecule has 32 heavy (non-hydrogen) atoms. The van der Waals surface area contributed by atoms with E-state index < -0.39 is 0 Å². The molecule has 8 heteroatoms. The normalized spacial score (nSPS) is 15.7. The summed E-state index contributed by atoms with van der Waals surface area (Å²) in [6, 6.07) is 10.8. The summed E-state index contributed by atoms with van der Waals surface area (Å²) in [7, 11) is 2.18.